The van der Waals surface area contributed by atoms with Crippen LogP contribution in [0, 0.1) is 0 Å². The zero-order chi connectivity index (χ0) is 15.8. The van der Waals surface area contributed by atoms with Crippen molar-refractivity contribution in [1.29, 1.82) is 0 Å². The molecule has 118 valence electrons. The average Bonchev–Trinajstić information content (AvgIpc) is 3.18. The van der Waals surface area contributed by atoms with Gasteiger partial charge in [-0.1, -0.05) is 6.07 Å². The Morgan fingerprint density at radius 1 is 1.45 bits per heavy atom. The maximum absolute atomic E-state index is 11.3. The second kappa shape index (κ2) is 8.07. The maximum atomic E-state index is 11.3. The number of nitrogens with zero attached hydrogens (tertiary/aromatic N) is 2. The summed E-state index contributed by atoms with van der Waals surface area (Å²) >= 11 is 0. The summed E-state index contributed by atoms with van der Waals surface area (Å²) in [6.07, 6.45) is 3.83. The molecule has 2 N–H and O–H groups in total. The number of carbonyl (C=O) groups excluding carboxylic acids is 1. The number of benzene rings is 1. The van der Waals surface area contributed by atoms with Gasteiger partial charge in [-0.2, -0.15) is 0 Å². The predicted octanol–water partition coefficient (Wildman–Crippen LogP) is 2.22. The van der Waals surface area contributed by atoms with Gasteiger partial charge in [0.15, 0.2) is 6.40 Å². The van der Waals surface area contributed by atoms with E-state index in [0.29, 0.717) is 19.6 Å². The van der Waals surface area contributed by atoms with Crippen LogP contribution < -0.4 is 5.73 Å². The zero-order valence-electron chi connectivity index (χ0n) is 12.7. The first-order valence-corrected chi connectivity index (χ1v) is 7.30. The number of aromatic nitrogens is 1. The third kappa shape index (κ3) is 4.51. The van der Waals surface area contributed by atoms with Crippen molar-refractivity contribution in [2.45, 2.75) is 19.9 Å². The Bertz CT molecular complexity index is 643. The topological polar surface area (TPSA) is 78.8 Å². The standard InChI is InChI=1S/C13H16N2O2.C3H5NO/c1-2-17-13(16)6-8-15-7-5-10-3-4-11(14)9-12(10)15;1-2-5-3-4-1/h3-5,7,9H,2,6,8,14H2,1H3;3H,1-2H2. The molecule has 6 nitrogen and oxygen atoms in total. The summed E-state index contributed by atoms with van der Waals surface area (Å²) in [6.45, 7) is 4.48. The van der Waals surface area contributed by atoms with Gasteiger partial charge in [-0.25, -0.2) is 0 Å². The van der Waals surface area contributed by atoms with Crippen molar-refractivity contribution in [2.75, 3.05) is 25.5 Å². The van der Waals surface area contributed by atoms with Crippen molar-refractivity contribution < 1.29 is 14.3 Å². The fourth-order valence-electron chi connectivity index (χ4n) is 2.10. The minimum atomic E-state index is -0.168. The summed E-state index contributed by atoms with van der Waals surface area (Å²) in [4.78, 5) is 15.0. The van der Waals surface area contributed by atoms with E-state index in [1.54, 1.807) is 0 Å². The van der Waals surface area contributed by atoms with E-state index in [2.05, 4.69) is 9.73 Å². The smallest absolute Gasteiger partial charge is 0.307 e. The molecule has 6 heteroatoms. The molecule has 0 amide bonds. The monoisotopic (exact) mass is 303 g/mol. The van der Waals surface area contributed by atoms with Crippen LogP contribution in [0.2, 0.25) is 0 Å². The van der Waals surface area contributed by atoms with Crippen molar-refractivity contribution in [1.82, 2.24) is 4.57 Å². The number of hydrogen-bond donors (Lipinski definition) is 1. The summed E-state index contributed by atoms with van der Waals surface area (Å²) in [6, 6.07) is 7.78. The highest BCUT2D eigenvalue weighted by atomic mass is 16.5. The van der Waals surface area contributed by atoms with E-state index in [-0.39, 0.29) is 5.97 Å². The molecule has 0 spiro atoms. The van der Waals surface area contributed by atoms with E-state index in [1.165, 1.54) is 6.40 Å². The quantitative estimate of drug-likeness (QED) is 0.694. The molecule has 1 aliphatic heterocycles. The minimum Gasteiger partial charge on any atom is -0.482 e. The van der Waals surface area contributed by atoms with Crippen LogP contribution in [0.1, 0.15) is 13.3 Å². The first-order valence-electron chi connectivity index (χ1n) is 7.30. The molecule has 3 rings (SSSR count). The lowest BCUT2D eigenvalue weighted by Gasteiger charge is -2.05. The second-order valence-electron chi connectivity index (χ2n) is 4.76. The van der Waals surface area contributed by atoms with Gasteiger partial charge in [-0.05, 0) is 30.5 Å². The van der Waals surface area contributed by atoms with E-state index < -0.39 is 0 Å². The molecule has 0 bridgehead atoms. The van der Waals surface area contributed by atoms with Gasteiger partial charge < -0.3 is 19.8 Å². The third-order valence-corrected chi connectivity index (χ3v) is 3.15. The Morgan fingerprint density at radius 3 is 2.95 bits per heavy atom. The van der Waals surface area contributed by atoms with E-state index in [9.17, 15) is 4.79 Å². The number of esters is 1. The molecule has 0 radical (unpaired) electrons. The summed E-state index contributed by atoms with van der Waals surface area (Å²) in [7, 11) is 0. The fourth-order valence-corrected chi connectivity index (χ4v) is 2.10. The van der Waals surface area contributed by atoms with Crippen LogP contribution in [0.4, 0.5) is 5.69 Å². The van der Waals surface area contributed by atoms with Crippen LogP contribution in [0.25, 0.3) is 10.9 Å². The highest BCUT2D eigenvalue weighted by Crippen LogP contribution is 2.19. The Kier molecular flexibility index (Phi) is 5.82. The first-order chi connectivity index (χ1) is 10.7. The SMILES string of the molecule is C1=NCCO1.CCOC(=O)CCn1ccc2ccc(N)cc21. The van der Waals surface area contributed by atoms with Crippen molar-refractivity contribution in [3.63, 3.8) is 0 Å². The van der Waals surface area contributed by atoms with Crippen LogP contribution in [0.5, 0.6) is 0 Å². The average molecular weight is 303 g/mol. The maximum Gasteiger partial charge on any atom is 0.307 e. The van der Waals surface area contributed by atoms with E-state index in [0.717, 1.165) is 29.7 Å². The number of aliphatic imine (C=N–C) groups is 1. The molecule has 0 saturated heterocycles. The van der Waals surface area contributed by atoms with E-state index in [1.807, 2.05) is 42.0 Å². The van der Waals surface area contributed by atoms with Crippen LogP contribution in [-0.4, -0.2) is 36.7 Å². The predicted molar refractivity (Wildman–Crippen MR) is 86.9 cm³/mol. The van der Waals surface area contributed by atoms with Gasteiger partial charge in [0.1, 0.15) is 6.61 Å². The molecule has 0 unspecified atom stereocenters. The third-order valence-electron chi connectivity index (χ3n) is 3.15. The lowest BCUT2D eigenvalue weighted by Crippen LogP contribution is -2.08. The van der Waals surface area contributed by atoms with Gasteiger partial charge >= 0.3 is 5.97 Å². The van der Waals surface area contributed by atoms with Gasteiger partial charge in [0, 0.05) is 18.4 Å². The van der Waals surface area contributed by atoms with Gasteiger partial charge in [-0.15, -0.1) is 0 Å². The Morgan fingerprint density at radius 2 is 2.32 bits per heavy atom. The minimum absolute atomic E-state index is 0.168. The molecule has 2 aromatic rings. The van der Waals surface area contributed by atoms with Gasteiger partial charge in [0.25, 0.3) is 0 Å². The number of ether oxygens (including phenoxy) is 2. The zero-order valence-corrected chi connectivity index (χ0v) is 12.7. The number of rotatable bonds is 4. The Balaban J connectivity index is 0.000000299. The first kappa shape index (κ1) is 15.9. The number of anilines is 1. The van der Waals surface area contributed by atoms with Crippen LogP contribution >= 0.6 is 0 Å². The molecular weight excluding hydrogens is 282 g/mol. The van der Waals surface area contributed by atoms with E-state index >= 15 is 0 Å². The molecule has 0 saturated carbocycles. The lowest BCUT2D eigenvalue weighted by atomic mass is 10.2. The fraction of sp³-hybridized carbons (Fsp3) is 0.375. The summed E-state index contributed by atoms with van der Waals surface area (Å²) in [5, 5.41) is 1.13. The Hall–Kier alpha value is -2.50. The molecule has 0 fully saturated rings. The molecule has 1 aromatic carbocycles. The number of carbonyl (C=O) groups is 1. The van der Waals surface area contributed by atoms with E-state index in [4.69, 9.17) is 10.5 Å². The highest BCUT2D eigenvalue weighted by Gasteiger charge is 2.05. The summed E-state index contributed by atoms with van der Waals surface area (Å²) in [5.74, 6) is -0.168. The number of nitrogens with two attached hydrogens (primary N) is 1. The largest absolute Gasteiger partial charge is 0.482 e. The number of nitrogen functional groups attached to an aromatic ring is 1. The summed E-state index contributed by atoms with van der Waals surface area (Å²) < 4.78 is 11.6. The van der Waals surface area contributed by atoms with Crippen LogP contribution in [-0.2, 0) is 20.8 Å². The molecule has 1 aromatic heterocycles. The molecule has 2 heterocycles. The Labute approximate surface area is 129 Å². The van der Waals surface area contributed by atoms with Crippen molar-refractivity contribution >= 4 is 29.0 Å². The van der Waals surface area contributed by atoms with Crippen LogP contribution in [0.3, 0.4) is 0 Å². The molecule has 1 aliphatic rings. The van der Waals surface area contributed by atoms with Crippen LogP contribution in [0.15, 0.2) is 35.5 Å². The van der Waals surface area contributed by atoms with Gasteiger partial charge in [0.05, 0.1) is 25.1 Å². The molecule has 0 aliphatic carbocycles. The molecule has 0 atom stereocenters. The lowest BCUT2D eigenvalue weighted by molar-refractivity contribution is -0.143. The van der Waals surface area contributed by atoms with Gasteiger partial charge in [-0.3, -0.25) is 9.79 Å². The second-order valence-corrected chi connectivity index (χ2v) is 4.76. The normalized spacial score (nSPS) is 12.6. The highest BCUT2D eigenvalue weighted by molar-refractivity contribution is 5.83. The van der Waals surface area contributed by atoms with Crippen molar-refractivity contribution in [2.24, 2.45) is 4.99 Å². The molecular formula is C16H21N3O3. The van der Waals surface area contributed by atoms with Crippen molar-refractivity contribution in [3.8, 4) is 0 Å². The summed E-state index contributed by atoms with van der Waals surface area (Å²) in [5.41, 5.74) is 7.53. The molecule has 22 heavy (non-hydrogen) atoms. The number of hydrogen-bond acceptors (Lipinski definition) is 5. The van der Waals surface area contributed by atoms with Gasteiger partial charge in [0.2, 0.25) is 0 Å². The number of aryl methyl sites for hydroxylation is 1. The van der Waals surface area contributed by atoms with Crippen molar-refractivity contribution in [3.05, 3.63) is 30.5 Å². The number of fused-ring (bicyclic) bond motifs is 1.